The maximum absolute atomic E-state index is 12.3. The van der Waals surface area contributed by atoms with Crippen molar-refractivity contribution >= 4 is 34.6 Å². The summed E-state index contributed by atoms with van der Waals surface area (Å²) in [6, 6.07) is 9.36. The van der Waals surface area contributed by atoms with Gasteiger partial charge in [0.15, 0.2) is 5.82 Å². The van der Waals surface area contributed by atoms with Gasteiger partial charge in [0, 0.05) is 50.3 Å². The van der Waals surface area contributed by atoms with E-state index < -0.39 is 0 Å². The summed E-state index contributed by atoms with van der Waals surface area (Å²) in [6.45, 7) is 0. The lowest BCUT2D eigenvalue weighted by Crippen LogP contribution is -2.27. The van der Waals surface area contributed by atoms with Gasteiger partial charge in [-0.1, -0.05) is 0 Å². The summed E-state index contributed by atoms with van der Waals surface area (Å²) in [6.07, 6.45) is 4.00. The number of benzene rings is 1. The van der Waals surface area contributed by atoms with Crippen LogP contribution in [0.1, 0.15) is 25.7 Å². The molecule has 1 heterocycles. The molecule has 0 unspecified atom stereocenters. The van der Waals surface area contributed by atoms with E-state index in [1.165, 1.54) is 0 Å². The Balaban J connectivity index is 1.59. The number of nitrogens with one attached hydrogen (secondary N) is 2. The highest BCUT2D eigenvalue weighted by Crippen LogP contribution is 2.24. The molecule has 1 aliphatic rings. The molecule has 0 aliphatic heterocycles. The lowest BCUT2D eigenvalue weighted by atomic mass is 9.88. The summed E-state index contributed by atoms with van der Waals surface area (Å²) < 4.78 is 0. The van der Waals surface area contributed by atoms with Crippen LogP contribution in [0.2, 0.25) is 0 Å². The van der Waals surface area contributed by atoms with Gasteiger partial charge < -0.3 is 15.5 Å². The first-order valence-corrected chi connectivity index (χ1v) is 8.71. The maximum atomic E-state index is 12.3. The van der Waals surface area contributed by atoms with E-state index in [0.29, 0.717) is 31.5 Å². The summed E-state index contributed by atoms with van der Waals surface area (Å²) in [4.78, 5) is 25.5. The second-order valence-corrected chi connectivity index (χ2v) is 6.70. The summed E-state index contributed by atoms with van der Waals surface area (Å²) in [7, 11) is 3.89. The van der Waals surface area contributed by atoms with Crippen molar-refractivity contribution in [2.45, 2.75) is 25.7 Å². The van der Waals surface area contributed by atoms with Crippen molar-refractivity contribution < 1.29 is 9.59 Å². The average molecular weight is 353 g/mol. The number of rotatable bonds is 5. The number of hydrogen-bond acceptors (Lipinski definition) is 6. The van der Waals surface area contributed by atoms with Crippen molar-refractivity contribution in [1.29, 1.82) is 0 Å². The molecule has 1 aromatic heterocycles. The third kappa shape index (κ3) is 4.56. The Kier molecular flexibility index (Phi) is 5.46. The van der Waals surface area contributed by atoms with Crippen LogP contribution in [0.4, 0.5) is 22.9 Å². The number of carbonyl (C=O) groups excluding carboxylic acids is 2. The van der Waals surface area contributed by atoms with E-state index in [4.69, 9.17) is 0 Å². The molecule has 1 aromatic carbocycles. The summed E-state index contributed by atoms with van der Waals surface area (Å²) in [5, 5.41) is 14.2. The van der Waals surface area contributed by atoms with Crippen molar-refractivity contribution in [2.75, 3.05) is 29.6 Å². The topological polar surface area (TPSA) is 87.2 Å². The zero-order valence-corrected chi connectivity index (χ0v) is 15.0. The van der Waals surface area contributed by atoms with Crippen molar-refractivity contribution in [1.82, 2.24) is 10.2 Å². The summed E-state index contributed by atoms with van der Waals surface area (Å²) in [5.41, 5.74) is 2.55. The number of hydrogen-bond donors (Lipinski definition) is 2. The van der Waals surface area contributed by atoms with Crippen LogP contribution in [0.25, 0.3) is 0 Å². The van der Waals surface area contributed by atoms with E-state index in [0.717, 1.165) is 17.1 Å². The van der Waals surface area contributed by atoms with E-state index in [1.54, 1.807) is 6.20 Å². The number of ketones is 1. The van der Waals surface area contributed by atoms with E-state index in [1.807, 2.05) is 49.3 Å². The molecule has 2 aromatic rings. The molecule has 1 aliphatic carbocycles. The molecular formula is C19H23N5O2. The quantitative estimate of drug-likeness (QED) is 0.859. The number of amides is 1. The fourth-order valence-corrected chi connectivity index (χ4v) is 2.89. The highest BCUT2D eigenvalue weighted by atomic mass is 16.2. The Labute approximate surface area is 152 Å². The molecule has 1 amide bonds. The van der Waals surface area contributed by atoms with Crippen molar-refractivity contribution in [3.63, 3.8) is 0 Å². The Hall–Kier alpha value is -2.96. The van der Waals surface area contributed by atoms with Crippen molar-refractivity contribution in [2.24, 2.45) is 5.92 Å². The van der Waals surface area contributed by atoms with Gasteiger partial charge in [-0.25, -0.2) is 0 Å². The first-order chi connectivity index (χ1) is 12.5. The first-order valence-electron chi connectivity index (χ1n) is 8.71. The molecule has 26 heavy (non-hydrogen) atoms. The smallest absolute Gasteiger partial charge is 0.227 e. The van der Waals surface area contributed by atoms with E-state index >= 15 is 0 Å². The molecule has 0 spiro atoms. The summed E-state index contributed by atoms with van der Waals surface area (Å²) in [5.74, 6) is 0.822. The zero-order valence-electron chi connectivity index (χ0n) is 15.0. The highest BCUT2D eigenvalue weighted by molar-refractivity contribution is 5.94. The molecule has 0 atom stereocenters. The van der Waals surface area contributed by atoms with Gasteiger partial charge >= 0.3 is 0 Å². The SMILES string of the molecule is CN(C)c1cnnc(Nc2ccc(NC(=O)C3CCC(=O)CC3)cc2)c1. The summed E-state index contributed by atoms with van der Waals surface area (Å²) >= 11 is 0. The van der Waals surface area contributed by atoms with Crippen molar-refractivity contribution in [3.8, 4) is 0 Å². The van der Waals surface area contributed by atoms with Crippen LogP contribution in [0.15, 0.2) is 36.5 Å². The van der Waals surface area contributed by atoms with E-state index in [2.05, 4.69) is 20.8 Å². The van der Waals surface area contributed by atoms with Gasteiger partial charge in [-0.2, -0.15) is 5.10 Å². The molecule has 0 saturated heterocycles. The lowest BCUT2D eigenvalue weighted by molar-refractivity contribution is -0.125. The van der Waals surface area contributed by atoms with Gasteiger partial charge in [-0.3, -0.25) is 9.59 Å². The number of anilines is 4. The van der Waals surface area contributed by atoms with E-state index in [-0.39, 0.29) is 17.6 Å². The van der Waals surface area contributed by atoms with Gasteiger partial charge in [0.2, 0.25) is 5.91 Å². The van der Waals surface area contributed by atoms with Crippen LogP contribution in [-0.2, 0) is 9.59 Å². The third-order valence-electron chi connectivity index (χ3n) is 4.50. The molecule has 7 heteroatoms. The molecule has 2 N–H and O–H groups in total. The average Bonchev–Trinajstić information content (AvgIpc) is 2.64. The normalized spacial score (nSPS) is 14.8. The van der Waals surface area contributed by atoms with Crippen molar-refractivity contribution in [3.05, 3.63) is 36.5 Å². The zero-order chi connectivity index (χ0) is 18.5. The minimum Gasteiger partial charge on any atom is -0.376 e. The highest BCUT2D eigenvalue weighted by Gasteiger charge is 2.24. The Morgan fingerprint density at radius 1 is 1.12 bits per heavy atom. The van der Waals surface area contributed by atoms with Crippen LogP contribution < -0.4 is 15.5 Å². The van der Waals surface area contributed by atoms with Crippen LogP contribution in [0.3, 0.4) is 0 Å². The first kappa shape index (κ1) is 17.8. The van der Waals surface area contributed by atoms with Gasteiger partial charge in [-0.15, -0.1) is 5.10 Å². The Bertz CT molecular complexity index is 779. The second-order valence-electron chi connectivity index (χ2n) is 6.70. The molecular weight excluding hydrogens is 330 g/mol. The van der Waals surface area contributed by atoms with Crippen LogP contribution in [0.5, 0.6) is 0 Å². The third-order valence-corrected chi connectivity index (χ3v) is 4.50. The molecule has 3 rings (SSSR count). The molecule has 0 radical (unpaired) electrons. The van der Waals surface area contributed by atoms with Gasteiger partial charge in [0.25, 0.3) is 0 Å². The fourth-order valence-electron chi connectivity index (χ4n) is 2.89. The molecule has 0 bridgehead atoms. The fraction of sp³-hybridized carbons (Fsp3) is 0.368. The second kappa shape index (κ2) is 7.95. The molecule has 7 nitrogen and oxygen atoms in total. The van der Waals surface area contributed by atoms with Crippen LogP contribution in [-0.4, -0.2) is 36.0 Å². The molecule has 1 fully saturated rings. The van der Waals surface area contributed by atoms with Crippen LogP contribution in [0, 0.1) is 5.92 Å². The molecule has 1 saturated carbocycles. The Morgan fingerprint density at radius 2 is 1.77 bits per heavy atom. The molecule has 136 valence electrons. The van der Waals surface area contributed by atoms with Gasteiger partial charge in [0.1, 0.15) is 5.78 Å². The van der Waals surface area contributed by atoms with Gasteiger partial charge in [0.05, 0.1) is 11.9 Å². The van der Waals surface area contributed by atoms with E-state index in [9.17, 15) is 9.59 Å². The minimum atomic E-state index is -0.0745. The predicted octanol–water partition coefficient (Wildman–Crippen LogP) is 2.98. The number of carbonyl (C=O) groups is 2. The Morgan fingerprint density at radius 3 is 2.42 bits per heavy atom. The number of aromatic nitrogens is 2. The minimum absolute atomic E-state index is 0.0113. The maximum Gasteiger partial charge on any atom is 0.227 e. The monoisotopic (exact) mass is 353 g/mol. The number of nitrogens with zero attached hydrogens (tertiary/aromatic N) is 3. The largest absolute Gasteiger partial charge is 0.376 e. The lowest BCUT2D eigenvalue weighted by Gasteiger charge is -2.20. The van der Waals surface area contributed by atoms with Gasteiger partial charge in [-0.05, 0) is 37.1 Å². The number of Topliss-reactive ketones (excluding diaryl/α,β-unsaturated/α-hetero) is 1. The van der Waals surface area contributed by atoms with Crippen LogP contribution >= 0.6 is 0 Å². The predicted molar refractivity (Wildman–Crippen MR) is 102 cm³/mol. The standard InChI is InChI=1S/C19H23N5O2/c1-24(2)16-11-18(23-20-12-16)21-14-5-7-15(8-6-14)22-19(26)13-3-9-17(25)10-4-13/h5-8,11-13H,3-4,9-10H2,1-2H3,(H,21,23)(H,22,26).